The van der Waals surface area contributed by atoms with Crippen LogP contribution in [0.25, 0.3) is 6.08 Å². The Morgan fingerprint density at radius 3 is 2.50 bits per heavy atom. The maximum absolute atomic E-state index is 13.1. The van der Waals surface area contributed by atoms with Crippen LogP contribution in [0.4, 0.5) is 0 Å². The first-order valence-electron chi connectivity index (χ1n) is 20.6. The molecule has 2 aromatic carbocycles. The first-order valence-corrected chi connectivity index (χ1v) is 20.6. The third-order valence-electron chi connectivity index (χ3n) is 11.2. The van der Waals surface area contributed by atoms with Gasteiger partial charge < -0.3 is 25.0 Å². The summed E-state index contributed by atoms with van der Waals surface area (Å²) in [6.45, 7) is 5.21. The lowest BCUT2D eigenvalue weighted by Gasteiger charge is -2.29. The average Bonchev–Trinajstić information content (AvgIpc) is 3.48. The van der Waals surface area contributed by atoms with E-state index < -0.39 is 23.8 Å². The molecule has 3 aliphatic rings. The summed E-state index contributed by atoms with van der Waals surface area (Å²) >= 11 is 0. The van der Waals surface area contributed by atoms with Crippen LogP contribution in [0, 0.1) is 5.92 Å². The Hall–Kier alpha value is -5.78. The van der Waals surface area contributed by atoms with E-state index in [1.807, 2.05) is 37.4 Å². The molecule has 1 aromatic heterocycles. The van der Waals surface area contributed by atoms with Gasteiger partial charge in [0, 0.05) is 31.4 Å². The molecule has 1 atom stereocenters. The molecule has 1 saturated carbocycles. The number of carbonyl (C=O) groups is 5. The minimum absolute atomic E-state index is 0.0383. The van der Waals surface area contributed by atoms with Crippen molar-refractivity contribution in [1.29, 1.82) is 0 Å². The number of nitrogens with one attached hydrogen (secondary N) is 2. The number of unbranched alkanes of at least 4 members (excludes halogenated alkanes) is 4. The summed E-state index contributed by atoms with van der Waals surface area (Å²) in [5.74, 6) is 0.130. The number of benzene rings is 2. The van der Waals surface area contributed by atoms with Gasteiger partial charge in [0.1, 0.15) is 23.2 Å². The quantitative estimate of drug-likeness (QED) is 0.103. The number of likely N-dealkylation sites (N-methyl/N-ethyl adjacent to an activating group) is 1. The number of aromatic nitrogens is 1. The molecule has 58 heavy (non-hydrogen) atoms. The lowest BCUT2D eigenvalue weighted by Crippen LogP contribution is -2.51. The maximum atomic E-state index is 13.1. The van der Waals surface area contributed by atoms with E-state index in [1.54, 1.807) is 42.5 Å². The molecule has 306 valence electrons. The fourth-order valence-electron chi connectivity index (χ4n) is 7.80. The number of fused-ring (bicyclic) bond motifs is 1. The molecule has 1 aliphatic carbocycles. The zero-order chi connectivity index (χ0) is 41.0. The molecule has 1 unspecified atom stereocenters. The Morgan fingerprint density at radius 1 is 0.948 bits per heavy atom. The summed E-state index contributed by atoms with van der Waals surface area (Å²) < 4.78 is 11.4. The van der Waals surface area contributed by atoms with Crippen molar-refractivity contribution in [2.45, 2.75) is 96.1 Å². The number of rotatable bonds is 18. The molecule has 2 N–H and O–H groups in total. The van der Waals surface area contributed by atoms with Crippen LogP contribution in [0.5, 0.6) is 11.5 Å². The Labute approximate surface area is 341 Å². The molecule has 12 nitrogen and oxygen atoms in total. The number of allylic oxidation sites excluding steroid dienone is 2. The first kappa shape index (κ1) is 41.8. The second kappa shape index (κ2) is 20.1. The fraction of sp³-hybridized carbons (Fsp3) is 0.435. The lowest BCUT2D eigenvalue weighted by atomic mass is 9.89. The molecule has 5 amide bonds. The molecule has 3 aromatic rings. The predicted molar refractivity (Wildman–Crippen MR) is 221 cm³/mol. The molecule has 12 heteroatoms. The Kier molecular flexibility index (Phi) is 14.5. The van der Waals surface area contributed by atoms with E-state index in [4.69, 9.17) is 9.47 Å². The highest BCUT2D eigenvalue weighted by molar-refractivity contribution is 6.23. The van der Waals surface area contributed by atoms with Gasteiger partial charge in [-0.2, -0.15) is 0 Å². The van der Waals surface area contributed by atoms with E-state index in [0.717, 1.165) is 53.7 Å². The second-order valence-corrected chi connectivity index (χ2v) is 15.5. The van der Waals surface area contributed by atoms with Crippen LogP contribution in [-0.4, -0.2) is 77.7 Å². The number of hydrogen-bond donors (Lipinski definition) is 2. The minimum Gasteiger partial charge on any atom is -0.495 e. The lowest BCUT2D eigenvalue weighted by molar-refractivity contribution is -0.129. The number of ether oxygens (including phenoxy) is 2. The molecule has 0 spiro atoms. The number of carbonyl (C=O) groups excluding carboxylic acids is 5. The predicted octanol–water partition coefficient (Wildman–Crippen LogP) is 7.03. The summed E-state index contributed by atoms with van der Waals surface area (Å²) in [7, 11) is 3.44. The summed E-state index contributed by atoms with van der Waals surface area (Å²) in [5, 5.41) is 5.61. The van der Waals surface area contributed by atoms with Crippen molar-refractivity contribution >= 4 is 35.6 Å². The van der Waals surface area contributed by atoms with Crippen LogP contribution in [0.2, 0.25) is 0 Å². The monoisotopic (exact) mass is 789 g/mol. The zero-order valence-corrected chi connectivity index (χ0v) is 33.7. The number of pyridine rings is 1. The number of piperidine rings is 1. The van der Waals surface area contributed by atoms with Crippen LogP contribution in [-0.2, 0) is 22.6 Å². The van der Waals surface area contributed by atoms with Crippen molar-refractivity contribution in [1.82, 2.24) is 25.4 Å². The summed E-state index contributed by atoms with van der Waals surface area (Å²) in [6.07, 6.45) is 17.8. The number of nitrogens with zero attached hydrogens (tertiary/aromatic N) is 3. The highest BCUT2D eigenvalue weighted by Crippen LogP contribution is 2.31. The smallest absolute Gasteiger partial charge is 0.270 e. The van der Waals surface area contributed by atoms with Crippen molar-refractivity contribution in [2.24, 2.45) is 5.92 Å². The standard InChI is InChI=1S/C46H55N5O7/c1-31-17-22-40(44(54)49-31)51-45(55)37-21-20-36(28-38(37)46(51)56)58-24-11-6-4-5-10-23-50(2)42(52)26-33-15-12-16-34(25-33)29-48-43(53)39-27-35(41(57-3)30-47-39)19-18-32-13-8-7-9-14-32/h12,15-16,18-21,25,27-28,30,32,40H,1,4-11,13-14,17,22-24,26,29H2,2-3H3,(H,48,53)(H,49,54)/b19-18+. The molecular formula is C46H55N5O7. The molecule has 0 bridgehead atoms. The number of imide groups is 1. The van der Waals surface area contributed by atoms with Crippen LogP contribution < -0.4 is 20.1 Å². The van der Waals surface area contributed by atoms with Crippen molar-refractivity contribution in [2.75, 3.05) is 27.3 Å². The summed E-state index contributed by atoms with van der Waals surface area (Å²) in [6, 6.07) is 13.5. The van der Waals surface area contributed by atoms with E-state index in [-0.39, 0.29) is 29.4 Å². The van der Waals surface area contributed by atoms with E-state index in [0.29, 0.717) is 61.3 Å². The Bertz CT molecular complexity index is 2040. The number of hydrogen-bond acceptors (Lipinski definition) is 8. The largest absolute Gasteiger partial charge is 0.495 e. The molecule has 0 radical (unpaired) electrons. The van der Waals surface area contributed by atoms with E-state index in [9.17, 15) is 24.0 Å². The van der Waals surface area contributed by atoms with Gasteiger partial charge in [-0.15, -0.1) is 0 Å². The SMILES string of the molecule is C=C1CCC(N2C(=O)c3ccc(OCCCCCCCN(C)C(=O)Cc4cccc(CNC(=O)c5cc(/C=C/C6CCCCC6)c(OC)cn5)c4)cc3C2=O)C(=O)N1. The minimum atomic E-state index is -0.845. The highest BCUT2D eigenvalue weighted by atomic mass is 16.5. The normalized spacial score (nSPS) is 17.0. The molecule has 6 rings (SSSR count). The summed E-state index contributed by atoms with van der Waals surface area (Å²) in [4.78, 5) is 71.8. The Morgan fingerprint density at radius 2 is 1.71 bits per heavy atom. The topological polar surface area (TPSA) is 147 Å². The molecular weight excluding hydrogens is 735 g/mol. The van der Waals surface area contributed by atoms with Crippen molar-refractivity contribution < 1.29 is 33.4 Å². The third kappa shape index (κ3) is 10.8. The fourth-order valence-corrected chi connectivity index (χ4v) is 7.80. The van der Waals surface area contributed by atoms with Gasteiger partial charge >= 0.3 is 0 Å². The van der Waals surface area contributed by atoms with Crippen LogP contribution in [0.3, 0.4) is 0 Å². The van der Waals surface area contributed by atoms with E-state index in [2.05, 4.69) is 28.3 Å². The van der Waals surface area contributed by atoms with Crippen molar-refractivity contribution in [3.05, 3.63) is 107 Å². The van der Waals surface area contributed by atoms with Gasteiger partial charge in [-0.3, -0.25) is 28.9 Å². The van der Waals surface area contributed by atoms with Gasteiger partial charge in [-0.1, -0.05) is 81.5 Å². The van der Waals surface area contributed by atoms with Gasteiger partial charge in [-0.25, -0.2) is 4.98 Å². The number of methoxy groups -OCH3 is 1. The van der Waals surface area contributed by atoms with Gasteiger partial charge in [0.05, 0.1) is 37.5 Å². The molecule has 2 aliphatic heterocycles. The van der Waals surface area contributed by atoms with Crippen LogP contribution in [0.1, 0.15) is 125 Å². The summed E-state index contributed by atoms with van der Waals surface area (Å²) in [5.41, 5.74) is 4.08. The van der Waals surface area contributed by atoms with Crippen molar-refractivity contribution in [3.63, 3.8) is 0 Å². The van der Waals surface area contributed by atoms with Crippen LogP contribution >= 0.6 is 0 Å². The average molecular weight is 790 g/mol. The maximum Gasteiger partial charge on any atom is 0.270 e. The molecule has 1 saturated heterocycles. The van der Waals surface area contributed by atoms with E-state index >= 15 is 0 Å². The first-order chi connectivity index (χ1) is 28.1. The van der Waals surface area contributed by atoms with Gasteiger partial charge in [0.2, 0.25) is 11.8 Å². The highest BCUT2D eigenvalue weighted by Gasteiger charge is 2.44. The van der Waals surface area contributed by atoms with Gasteiger partial charge in [0.15, 0.2) is 0 Å². The molecule has 3 heterocycles. The van der Waals surface area contributed by atoms with E-state index in [1.165, 1.54) is 32.1 Å². The third-order valence-corrected chi connectivity index (χ3v) is 11.2. The van der Waals surface area contributed by atoms with Crippen molar-refractivity contribution in [3.8, 4) is 11.5 Å². The van der Waals surface area contributed by atoms with Gasteiger partial charge in [-0.05, 0) is 79.8 Å². The van der Waals surface area contributed by atoms with Gasteiger partial charge in [0.25, 0.3) is 17.7 Å². The molecule has 2 fully saturated rings. The Balaban J connectivity index is 0.867. The second-order valence-electron chi connectivity index (χ2n) is 15.5. The zero-order valence-electron chi connectivity index (χ0n) is 33.7. The van der Waals surface area contributed by atoms with Crippen LogP contribution in [0.15, 0.2) is 73.1 Å². The number of amides is 5.